The molecule has 1 aromatic carbocycles. The first-order valence-electron chi connectivity index (χ1n) is 6.39. The van der Waals surface area contributed by atoms with Gasteiger partial charge < -0.3 is 10.6 Å². The molecule has 9 nitrogen and oxygen atoms in total. The Bertz CT molecular complexity index is 773. The number of halogens is 1. The van der Waals surface area contributed by atoms with Crippen molar-refractivity contribution in [3.63, 3.8) is 0 Å². The van der Waals surface area contributed by atoms with Crippen LogP contribution in [-0.2, 0) is 11.8 Å². The fraction of sp³-hybridized carbons (Fsp3) is 0.154. The highest BCUT2D eigenvalue weighted by molar-refractivity contribution is 6.34. The van der Waals surface area contributed by atoms with E-state index in [-0.39, 0.29) is 17.1 Å². The number of benzene rings is 1. The van der Waals surface area contributed by atoms with Crippen LogP contribution in [-0.4, -0.2) is 33.1 Å². The fourth-order valence-corrected chi connectivity index (χ4v) is 2.06. The van der Waals surface area contributed by atoms with Gasteiger partial charge in [-0.1, -0.05) is 17.7 Å². The maximum absolute atomic E-state index is 12.1. The van der Waals surface area contributed by atoms with Crippen LogP contribution < -0.4 is 10.6 Å². The second-order valence-corrected chi connectivity index (χ2v) is 4.90. The molecular formula is C13H12ClN5O4. The summed E-state index contributed by atoms with van der Waals surface area (Å²) in [5, 5.41) is 19.6. The van der Waals surface area contributed by atoms with Gasteiger partial charge in [0.25, 0.3) is 11.6 Å². The molecule has 23 heavy (non-hydrogen) atoms. The number of nitro benzene ring substituents is 1. The Labute approximate surface area is 135 Å². The van der Waals surface area contributed by atoms with E-state index in [1.807, 2.05) is 0 Å². The predicted molar refractivity (Wildman–Crippen MR) is 82.3 cm³/mol. The van der Waals surface area contributed by atoms with Gasteiger partial charge in [0.15, 0.2) is 5.82 Å². The van der Waals surface area contributed by atoms with Crippen LogP contribution in [0.3, 0.4) is 0 Å². The smallest absolute Gasteiger partial charge is 0.283 e. The number of hydrogen-bond acceptors (Lipinski definition) is 5. The number of nitrogens with zero attached hydrogens (tertiary/aromatic N) is 3. The Balaban J connectivity index is 2.02. The molecule has 0 aliphatic heterocycles. The third-order valence-corrected chi connectivity index (χ3v) is 3.12. The average Bonchev–Trinajstić information content (AvgIpc) is 2.89. The quantitative estimate of drug-likeness (QED) is 0.630. The van der Waals surface area contributed by atoms with Crippen molar-refractivity contribution in [2.24, 2.45) is 7.05 Å². The minimum absolute atomic E-state index is 0.0677. The van der Waals surface area contributed by atoms with Gasteiger partial charge in [-0.3, -0.25) is 24.4 Å². The van der Waals surface area contributed by atoms with Crippen LogP contribution in [0.15, 0.2) is 30.5 Å². The molecule has 1 aromatic heterocycles. The van der Waals surface area contributed by atoms with Crippen LogP contribution in [0.1, 0.15) is 10.4 Å². The third-order valence-electron chi connectivity index (χ3n) is 2.81. The van der Waals surface area contributed by atoms with Crippen LogP contribution in [0.25, 0.3) is 0 Å². The highest BCUT2D eigenvalue weighted by Gasteiger charge is 2.23. The Morgan fingerprint density at radius 2 is 2.13 bits per heavy atom. The number of nitro groups is 1. The zero-order valence-corrected chi connectivity index (χ0v) is 12.7. The van der Waals surface area contributed by atoms with Crippen molar-refractivity contribution >= 4 is 34.9 Å². The summed E-state index contributed by atoms with van der Waals surface area (Å²) < 4.78 is 1.50. The fourth-order valence-electron chi connectivity index (χ4n) is 1.81. The van der Waals surface area contributed by atoms with E-state index in [2.05, 4.69) is 15.7 Å². The van der Waals surface area contributed by atoms with E-state index in [9.17, 15) is 19.7 Å². The van der Waals surface area contributed by atoms with E-state index in [1.165, 1.54) is 16.8 Å². The van der Waals surface area contributed by atoms with E-state index in [0.29, 0.717) is 5.82 Å². The minimum atomic E-state index is -0.807. The van der Waals surface area contributed by atoms with Crippen molar-refractivity contribution in [1.29, 1.82) is 0 Å². The molecule has 2 rings (SSSR count). The lowest BCUT2D eigenvalue weighted by Gasteiger charge is -2.07. The maximum atomic E-state index is 12.1. The van der Waals surface area contributed by atoms with Crippen molar-refractivity contribution < 1.29 is 14.5 Å². The number of aryl methyl sites for hydroxylation is 1. The van der Waals surface area contributed by atoms with Gasteiger partial charge in [-0.15, -0.1) is 0 Å². The molecule has 0 radical (unpaired) electrons. The first-order valence-corrected chi connectivity index (χ1v) is 6.77. The molecule has 0 aliphatic rings. The predicted octanol–water partition coefficient (Wildman–Crippen LogP) is 1.35. The largest absolute Gasteiger partial charge is 0.343 e. The van der Waals surface area contributed by atoms with E-state index in [4.69, 9.17) is 11.6 Å². The molecule has 2 amide bonds. The Hall–Kier alpha value is -2.94. The molecule has 0 bridgehead atoms. The molecule has 0 saturated heterocycles. The lowest BCUT2D eigenvalue weighted by molar-refractivity contribution is -0.385. The molecule has 0 fully saturated rings. The summed E-state index contributed by atoms with van der Waals surface area (Å²) in [4.78, 5) is 34.0. The number of amides is 2. The topological polar surface area (TPSA) is 119 Å². The molecule has 2 aromatic rings. The number of aromatic nitrogens is 2. The number of carbonyl (C=O) groups excluding carboxylic acids is 2. The first-order chi connectivity index (χ1) is 10.9. The summed E-state index contributed by atoms with van der Waals surface area (Å²) >= 11 is 5.84. The van der Waals surface area contributed by atoms with Gasteiger partial charge in [-0.25, -0.2) is 0 Å². The standard InChI is InChI=1S/C13H12ClN5O4/c1-18-6-5-10(17-18)16-11(20)7-15-13(21)12-8(14)3-2-4-9(12)19(22)23/h2-6H,7H2,1H3,(H,15,21)(H,16,17,20). The van der Waals surface area contributed by atoms with E-state index in [1.54, 1.807) is 19.3 Å². The van der Waals surface area contributed by atoms with E-state index in [0.717, 1.165) is 6.07 Å². The Kier molecular flexibility index (Phi) is 4.91. The SMILES string of the molecule is Cn1ccc(NC(=O)CNC(=O)c2c(Cl)cccc2[N+](=O)[O-])n1. The molecule has 0 saturated carbocycles. The summed E-state index contributed by atoms with van der Waals surface area (Å²) in [7, 11) is 1.69. The Morgan fingerprint density at radius 1 is 1.39 bits per heavy atom. The van der Waals surface area contributed by atoms with Crippen molar-refractivity contribution in [3.05, 3.63) is 51.2 Å². The maximum Gasteiger partial charge on any atom is 0.283 e. The minimum Gasteiger partial charge on any atom is -0.343 e. The highest BCUT2D eigenvalue weighted by atomic mass is 35.5. The Morgan fingerprint density at radius 3 is 2.74 bits per heavy atom. The van der Waals surface area contributed by atoms with Gasteiger partial charge in [-0.05, 0) is 6.07 Å². The molecular weight excluding hydrogens is 326 g/mol. The number of anilines is 1. The van der Waals surface area contributed by atoms with Crippen LogP contribution in [0.2, 0.25) is 5.02 Å². The van der Waals surface area contributed by atoms with Crippen LogP contribution in [0.5, 0.6) is 0 Å². The van der Waals surface area contributed by atoms with Gasteiger partial charge in [0.2, 0.25) is 5.91 Å². The number of nitrogens with one attached hydrogen (secondary N) is 2. The first kappa shape index (κ1) is 16.4. The molecule has 0 spiro atoms. The normalized spacial score (nSPS) is 10.2. The molecule has 120 valence electrons. The zero-order chi connectivity index (χ0) is 17.0. The summed E-state index contributed by atoms with van der Waals surface area (Å²) in [6.07, 6.45) is 1.64. The molecule has 0 aliphatic carbocycles. The molecule has 1 heterocycles. The van der Waals surface area contributed by atoms with Gasteiger partial charge in [0.1, 0.15) is 5.56 Å². The molecule has 0 atom stereocenters. The summed E-state index contributed by atoms with van der Waals surface area (Å²) in [6, 6.07) is 5.47. The van der Waals surface area contributed by atoms with Gasteiger partial charge >= 0.3 is 0 Å². The van der Waals surface area contributed by atoms with Crippen molar-refractivity contribution in [2.75, 3.05) is 11.9 Å². The van der Waals surface area contributed by atoms with Crippen LogP contribution in [0.4, 0.5) is 11.5 Å². The highest BCUT2D eigenvalue weighted by Crippen LogP contribution is 2.25. The lowest BCUT2D eigenvalue weighted by Crippen LogP contribution is -2.33. The zero-order valence-electron chi connectivity index (χ0n) is 11.9. The summed E-state index contributed by atoms with van der Waals surface area (Å²) in [6.45, 7) is -0.377. The number of hydrogen-bond donors (Lipinski definition) is 2. The van der Waals surface area contributed by atoms with E-state index >= 15 is 0 Å². The van der Waals surface area contributed by atoms with Gasteiger partial charge in [-0.2, -0.15) is 5.10 Å². The van der Waals surface area contributed by atoms with Crippen LogP contribution in [0, 0.1) is 10.1 Å². The second kappa shape index (κ2) is 6.88. The molecule has 10 heteroatoms. The third kappa shape index (κ3) is 4.04. The van der Waals surface area contributed by atoms with Crippen LogP contribution >= 0.6 is 11.6 Å². The van der Waals surface area contributed by atoms with Crippen molar-refractivity contribution in [1.82, 2.24) is 15.1 Å². The summed E-state index contributed by atoms with van der Waals surface area (Å²) in [5.74, 6) is -0.999. The number of rotatable bonds is 5. The summed E-state index contributed by atoms with van der Waals surface area (Å²) in [5.41, 5.74) is -0.718. The van der Waals surface area contributed by atoms with Gasteiger partial charge in [0, 0.05) is 25.4 Å². The average molecular weight is 338 g/mol. The molecule has 2 N–H and O–H groups in total. The lowest BCUT2D eigenvalue weighted by atomic mass is 10.1. The number of carbonyl (C=O) groups is 2. The molecule has 0 unspecified atom stereocenters. The monoisotopic (exact) mass is 337 g/mol. The van der Waals surface area contributed by atoms with E-state index < -0.39 is 22.4 Å². The van der Waals surface area contributed by atoms with Gasteiger partial charge in [0.05, 0.1) is 16.5 Å². The second-order valence-electron chi connectivity index (χ2n) is 4.50. The van der Waals surface area contributed by atoms with Crippen molar-refractivity contribution in [3.8, 4) is 0 Å². The van der Waals surface area contributed by atoms with Crippen molar-refractivity contribution in [2.45, 2.75) is 0 Å².